The van der Waals surface area contributed by atoms with E-state index in [4.69, 9.17) is 0 Å². The predicted octanol–water partition coefficient (Wildman–Crippen LogP) is 2.60. The van der Waals surface area contributed by atoms with Crippen LogP contribution in [0.5, 0.6) is 0 Å². The Morgan fingerprint density at radius 1 is 0.750 bits per heavy atom. The van der Waals surface area contributed by atoms with Crippen molar-refractivity contribution in [3.05, 3.63) is 13.8 Å². The van der Waals surface area contributed by atoms with Crippen molar-refractivity contribution in [2.24, 2.45) is 0 Å². The van der Waals surface area contributed by atoms with Crippen molar-refractivity contribution >= 4 is 0 Å². The third-order valence-electron chi connectivity index (χ3n) is 1.000. The van der Waals surface area contributed by atoms with E-state index in [0.29, 0.717) is 0 Å². The fraction of sp³-hybridized carbons (Fsp3) is 0.714. The topological polar surface area (TPSA) is 0 Å². The van der Waals surface area contributed by atoms with Gasteiger partial charge in [-0.05, 0) is 0 Å². The van der Waals surface area contributed by atoms with Crippen molar-refractivity contribution in [1.29, 1.82) is 0 Å². The first-order valence-electron chi connectivity index (χ1n) is 3.00. The molecular formula is C7H14Pd. The van der Waals surface area contributed by atoms with E-state index in [2.05, 4.69) is 13.8 Å². The fourth-order valence-corrected chi connectivity index (χ4v) is 0.530. The standard InChI is InChI=1S/C7H14.Pd/c1-3-5-7-6-4-2;/h1-7H2;/q-2;+2. The molecule has 0 rings (SSSR count). The van der Waals surface area contributed by atoms with E-state index in [-0.39, 0.29) is 20.4 Å². The fourth-order valence-electron chi connectivity index (χ4n) is 0.530. The SMILES string of the molecule is [CH2-]CCCCC[CH2-].[Pd+2]. The van der Waals surface area contributed by atoms with Crippen LogP contribution in [0.4, 0.5) is 0 Å². The molecule has 0 aromatic heterocycles. The zero-order chi connectivity index (χ0) is 5.54. The van der Waals surface area contributed by atoms with Gasteiger partial charge in [0.1, 0.15) is 0 Å². The molecule has 0 amide bonds. The van der Waals surface area contributed by atoms with E-state index in [9.17, 15) is 0 Å². The zero-order valence-corrected chi connectivity index (χ0v) is 6.82. The zero-order valence-electron chi connectivity index (χ0n) is 5.27. The van der Waals surface area contributed by atoms with Gasteiger partial charge in [0.25, 0.3) is 0 Å². The molecule has 52 valence electrons. The second-order valence-electron chi connectivity index (χ2n) is 1.77. The maximum Gasteiger partial charge on any atom is 2.00 e. The summed E-state index contributed by atoms with van der Waals surface area (Å²) < 4.78 is 0. The molecule has 0 heterocycles. The summed E-state index contributed by atoms with van der Waals surface area (Å²) in [5.41, 5.74) is 0. The molecule has 0 unspecified atom stereocenters. The van der Waals surface area contributed by atoms with Crippen LogP contribution in [0.2, 0.25) is 0 Å². The van der Waals surface area contributed by atoms with Gasteiger partial charge in [-0.1, -0.05) is 19.3 Å². The molecule has 0 fully saturated rings. The van der Waals surface area contributed by atoms with Gasteiger partial charge in [0.15, 0.2) is 0 Å². The summed E-state index contributed by atoms with van der Waals surface area (Å²) in [4.78, 5) is 0. The maximum atomic E-state index is 3.74. The predicted molar refractivity (Wildman–Crippen MR) is 33.8 cm³/mol. The normalized spacial score (nSPS) is 8.25. The Morgan fingerprint density at radius 3 is 1.38 bits per heavy atom. The van der Waals surface area contributed by atoms with E-state index in [1.807, 2.05) is 0 Å². The van der Waals surface area contributed by atoms with Crippen molar-refractivity contribution in [3.63, 3.8) is 0 Å². The van der Waals surface area contributed by atoms with E-state index in [0.717, 1.165) is 12.8 Å². The summed E-state index contributed by atoms with van der Waals surface area (Å²) in [5.74, 6) is 0. The summed E-state index contributed by atoms with van der Waals surface area (Å²) in [7, 11) is 0. The maximum absolute atomic E-state index is 3.74. The molecule has 0 aliphatic carbocycles. The van der Waals surface area contributed by atoms with Crippen LogP contribution in [0.1, 0.15) is 32.1 Å². The summed E-state index contributed by atoms with van der Waals surface area (Å²) >= 11 is 0. The van der Waals surface area contributed by atoms with Gasteiger partial charge >= 0.3 is 20.4 Å². The van der Waals surface area contributed by atoms with E-state index >= 15 is 0 Å². The van der Waals surface area contributed by atoms with Crippen LogP contribution in [-0.4, -0.2) is 0 Å². The largest absolute Gasteiger partial charge is 2.00 e. The summed E-state index contributed by atoms with van der Waals surface area (Å²) in [6.07, 6.45) is 6.03. The number of hydrogen-bond donors (Lipinski definition) is 0. The van der Waals surface area contributed by atoms with Crippen molar-refractivity contribution in [3.8, 4) is 0 Å². The van der Waals surface area contributed by atoms with Gasteiger partial charge in [-0.2, -0.15) is 12.8 Å². The third-order valence-corrected chi connectivity index (χ3v) is 1.000. The van der Waals surface area contributed by atoms with Crippen LogP contribution in [0.15, 0.2) is 0 Å². The molecule has 8 heavy (non-hydrogen) atoms. The molecular weight excluding hydrogens is 190 g/mol. The monoisotopic (exact) mass is 204 g/mol. The Hall–Kier alpha value is 0.662. The Labute approximate surface area is 66.7 Å². The molecule has 0 spiro atoms. The quantitative estimate of drug-likeness (QED) is 0.375. The molecule has 0 radical (unpaired) electrons. The van der Waals surface area contributed by atoms with Crippen molar-refractivity contribution in [2.45, 2.75) is 32.1 Å². The van der Waals surface area contributed by atoms with Crippen molar-refractivity contribution < 1.29 is 20.4 Å². The van der Waals surface area contributed by atoms with E-state index in [1.54, 1.807) is 0 Å². The van der Waals surface area contributed by atoms with Gasteiger partial charge in [-0.15, -0.1) is 0 Å². The number of unbranched alkanes of at least 4 members (excludes halogenated alkanes) is 4. The van der Waals surface area contributed by atoms with E-state index in [1.165, 1.54) is 19.3 Å². The van der Waals surface area contributed by atoms with Gasteiger partial charge in [-0.25, -0.2) is 0 Å². The molecule has 0 aliphatic heterocycles. The smallest absolute Gasteiger partial charge is 0.343 e. The molecule has 0 nitrogen and oxygen atoms in total. The number of hydrogen-bond acceptors (Lipinski definition) is 0. The minimum Gasteiger partial charge on any atom is -0.343 e. The average molecular weight is 205 g/mol. The molecule has 0 aromatic rings. The van der Waals surface area contributed by atoms with Gasteiger partial charge < -0.3 is 13.8 Å². The summed E-state index contributed by atoms with van der Waals surface area (Å²) in [5, 5.41) is 0. The Bertz CT molecular complexity index is 23.6. The first-order valence-corrected chi connectivity index (χ1v) is 3.00. The molecule has 1 heteroatoms. The minimum atomic E-state index is 0. The van der Waals surface area contributed by atoms with Crippen molar-refractivity contribution in [2.75, 3.05) is 0 Å². The molecule has 0 bridgehead atoms. The van der Waals surface area contributed by atoms with Gasteiger partial charge in [0, 0.05) is 0 Å². The Balaban J connectivity index is 0. The van der Waals surface area contributed by atoms with Crippen molar-refractivity contribution in [1.82, 2.24) is 0 Å². The molecule has 0 N–H and O–H groups in total. The summed E-state index contributed by atoms with van der Waals surface area (Å²) in [6, 6.07) is 0. The Morgan fingerprint density at radius 2 is 1.12 bits per heavy atom. The summed E-state index contributed by atoms with van der Waals surface area (Å²) in [6.45, 7) is 7.47. The minimum absolute atomic E-state index is 0. The average Bonchev–Trinajstić information content (AvgIpc) is 1.69. The van der Waals surface area contributed by atoms with Crippen LogP contribution < -0.4 is 0 Å². The van der Waals surface area contributed by atoms with Crippen LogP contribution in [0, 0.1) is 13.8 Å². The number of rotatable bonds is 4. The first-order chi connectivity index (χ1) is 3.41. The van der Waals surface area contributed by atoms with Gasteiger partial charge in [0.2, 0.25) is 0 Å². The molecule has 0 aromatic carbocycles. The van der Waals surface area contributed by atoms with Crippen LogP contribution in [-0.2, 0) is 20.4 Å². The van der Waals surface area contributed by atoms with Crippen LogP contribution >= 0.6 is 0 Å². The van der Waals surface area contributed by atoms with E-state index < -0.39 is 0 Å². The van der Waals surface area contributed by atoms with Crippen LogP contribution in [0.25, 0.3) is 0 Å². The second kappa shape index (κ2) is 10.6. The van der Waals surface area contributed by atoms with Crippen LogP contribution in [0.3, 0.4) is 0 Å². The second-order valence-corrected chi connectivity index (χ2v) is 1.77. The molecule has 0 saturated heterocycles. The first kappa shape index (κ1) is 11.5. The van der Waals surface area contributed by atoms with Gasteiger partial charge in [-0.3, -0.25) is 0 Å². The third kappa shape index (κ3) is 9.83. The Kier molecular flexibility index (Phi) is 15.2. The molecule has 0 atom stereocenters. The molecule has 0 aliphatic rings. The van der Waals surface area contributed by atoms with Gasteiger partial charge in [0.05, 0.1) is 0 Å². The molecule has 0 saturated carbocycles.